The molecular formula is C21H34O3. The van der Waals surface area contributed by atoms with Crippen LogP contribution in [0.2, 0.25) is 0 Å². The summed E-state index contributed by atoms with van der Waals surface area (Å²) >= 11 is 0. The number of ether oxygens (including phenoxy) is 2. The molecule has 0 radical (unpaired) electrons. The van der Waals surface area contributed by atoms with Gasteiger partial charge in [0, 0.05) is 38.9 Å². The summed E-state index contributed by atoms with van der Waals surface area (Å²) in [6.45, 7) is 4.82. The third-order valence-electron chi connectivity index (χ3n) is 9.12. The smallest absolute Gasteiger partial charge is 0.167 e. The molecular weight excluding hydrogens is 300 g/mol. The van der Waals surface area contributed by atoms with Crippen LogP contribution in [0.4, 0.5) is 0 Å². The minimum atomic E-state index is -0.358. The summed E-state index contributed by atoms with van der Waals surface area (Å²) in [6.07, 6.45) is 10.2. The second kappa shape index (κ2) is 5.54. The fraction of sp³-hybridized carbons (Fsp3) is 0.952. The highest BCUT2D eigenvalue weighted by Gasteiger charge is 2.61. The number of methoxy groups -OCH3 is 2. The number of carbonyl (C=O) groups is 1. The molecule has 0 aromatic carbocycles. The molecule has 0 unspecified atom stereocenters. The minimum absolute atomic E-state index is 0.00183. The summed E-state index contributed by atoms with van der Waals surface area (Å²) in [4.78, 5) is 12.5. The van der Waals surface area contributed by atoms with Crippen molar-refractivity contribution in [1.29, 1.82) is 0 Å². The van der Waals surface area contributed by atoms with E-state index in [4.69, 9.17) is 9.47 Å². The van der Waals surface area contributed by atoms with Gasteiger partial charge in [-0.25, -0.2) is 0 Å². The highest BCUT2D eigenvalue weighted by Crippen LogP contribution is 2.66. The van der Waals surface area contributed by atoms with Crippen LogP contribution in [0.5, 0.6) is 0 Å². The predicted molar refractivity (Wildman–Crippen MR) is 93.5 cm³/mol. The predicted octanol–water partition coefficient (Wildman–Crippen LogP) is 4.59. The van der Waals surface area contributed by atoms with Gasteiger partial charge in [-0.1, -0.05) is 13.8 Å². The first kappa shape index (κ1) is 17.0. The first-order valence-electron chi connectivity index (χ1n) is 10.0. The molecule has 4 aliphatic rings. The first-order valence-corrected chi connectivity index (χ1v) is 10.0. The standard InChI is InChI=1S/C21H34O3/c1-19-11-12-21(23-3,24-4)13-14(19)5-6-15-16-7-8-18(22)20(16,2)10-9-17(15)19/h14-17H,5-13H2,1-4H3/t14-,15+,16+,17+,19-,20-/m0/s1. The lowest BCUT2D eigenvalue weighted by Gasteiger charge is -2.61. The lowest BCUT2D eigenvalue weighted by Crippen LogP contribution is -2.56. The zero-order valence-electron chi connectivity index (χ0n) is 15.9. The quantitative estimate of drug-likeness (QED) is 0.693. The molecule has 3 nitrogen and oxygen atoms in total. The number of rotatable bonds is 2. The fourth-order valence-corrected chi connectivity index (χ4v) is 7.42. The van der Waals surface area contributed by atoms with Crippen LogP contribution in [0.1, 0.15) is 71.6 Å². The Morgan fingerprint density at radius 2 is 1.67 bits per heavy atom. The van der Waals surface area contributed by atoms with E-state index in [1.807, 2.05) is 0 Å². The Bertz CT molecular complexity index is 525. The van der Waals surface area contributed by atoms with Crippen LogP contribution in [0.3, 0.4) is 0 Å². The monoisotopic (exact) mass is 334 g/mol. The Hall–Kier alpha value is -0.410. The van der Waals surface area contributed by atoms with E-state index in [9.17, 15) is 4.79 Å². The van der Waals surface area contributed by atoms with Crippen molar-refractivity contribution in [2.45, 2.75) is 77.4 Å². The summed E-state index contributed by atoms with van der Waals surface area (Å²) in [6, 6.07) is 0. The van der Waals surface area contributed by atoms with Crippen LogP contribution >= 0.6 is 0 Å². The van der Waals surface area contributed by atoms with E-state index in [2.05, 4.69) is 13.8 Å². The van der Waals surface area contributed by atoms with Crippen molar-refractivity contribution < 1.29 is 14.3 Å². The van der Waals surface area contributed by atoms with Crippen molar-refractivity contribution in [3.05, 3.63) is 0 Å². The lowest BCUT2D eigenvalue weighted by molar-refractivity contribution is -0.261. The van der Waals surface area contributed by atoms with Gasteiger partial charge in [-0.2, -0.15) is 0 Å². The van der Waals surface area contributed by atoms with E-state index in [-0.39, 0.29) is 11.2 Å². The molecule has 4 rings (SSSR count). The number of Topliss-reactive ketones (excluding diaryl/α,β-unsaturated/α-hetero) is 1. The van der Waals surface area contributed by atoms with Crippen LogP contribution in [0, 0.1) is 34.5 Å². The number of fused-ring (bicyclic) bond motifs is 5. The fourth-order valence-electron chi connectivity index (χ4n) is 7.42. The third kappa shape index (κ3) is 2.13. The molecule has 0 N–H and O–H groups in total. The van der Waals surface area contributed by atoms with E-state index in [1.54, 1.807) is 14.2 Å². The Kier molecular flexibility index (Phi) is 3.93. The van der Waals surface area contributed by atoms with E-state index in [0.717, 1.165) is 43.9 Å². The highest BCUT2D eigenvalue weighted by atomic mass is 16.7. The van der Waals surface area contributed by atoms with Gasteiger partial charge in [0.15, 0.2) is 5.79 Å². The van der Waals surface area contributed by atoms with Gasteiger partial charge in [0.2, 0.25) is 0 Å². The maximum atomic E-state index is 12.5. The van der Waals surface area contributed by atoms with Gasteiger partial charge in [-0.15, -0.1) is 0 Å². The van der Waals surface area contributed by atoms with Crippen LogP contribution in [-0.2, 0) is 14.3 Å². The molecule has 24 heavy (non-hydrogen) atoms. The summed E-state index contributed by atoms with van der Waals surface area (Å²) in [7, 11) is 3.60. The molecule has 0 amide bonds. The lowest BCUT2D eigenvalue weighted by atomic mass is 9.45. The van der Waals surface area contributed by atoms with Crippen molar-refractivity contribution in [2.24, 2.45) is 34.5 Å². The van der Waals surface area contributed by atoms with Gasteiger partial charge in [-0.3, -0.25) is 4.79 Å². The van der Waals surface area contributed by atoms with Gasteiger partial charge < -0.3 is 9.47 Å². The molecule has 0 aromatic heterocycles. The largest absolute Gasteiger partial charge is 0.353 e. The molecule has 136 valence electrons. The molecule has 4 saturated carbocycles. The first-order chi connectivity index (χ1) is 11.4. The van der Waals surface area contributed by atoms with Crippen LogP contribution in [-0.4, -0.2) is 25.8 Å². The normalized spacial score (nSPS) is 50.1. The molecule has 0 saturated heterocycles. The molecule has 0 aliphatic heterocycles. The van der Waals surface area contributed by atoms with Gasteiger partial charge in [0.25, 0.3) is 0 Å². The Labute approximate surface area is 146 Å². The number of hydrogen-bond donors (Lipinski definition) is 0. The van der Waals surface area contributed by atoms with Gasteiger partial charge >= 0.3 is 0 Å². The zero-order chi connectivity index (χ0) is 17.2. The third-order valence-corrected chi connectivity index (χ3v) is 9.12. The maximum Gasteiger partial charge on any atom is 0.167 e. The molecule has 0 heterocycles. The Morgan fingerprint density at radius 3 is 2.38 bits per heavy atom. The molecule has 0 spiro atoms. The summed E-state index contributed by atoms with van der Waals surface area (Å²) < 4.78 is 11.6. The van der Waals surface area contributed by atoms with Crippen LogP contribution in [0.15, 0.2) is 0 Å². The van der Waals surface area contributed by atoms with Gasteiger partial charge in [0.1, 0.15) is 5.78 Å². The topological polar surface area (TPSA) is 35.5 Å². The van der Waals surface area contributed by atoms with Crippen molar-refractivity contribution in [2.75, 3.05) is 14.2 Å². The van der Waals surface area contributed by atoms with E-state index < -0.39 is 0 Å². The Balaban J connectivity index is 1.60. The molecule has 6 atom stereocenters. The van der Waals surface area contributed by atoms with E-state index >= 15 is 0 Å². The zero-order valence-corrected chi connectivity index (χ0v) is 15.9. The van der Waals surface area contributed by atoms with Gasteiger partial charge in [-0.05, 0) is 67.6 Å². The molecule has 0 aromatic rings. The molecule has 4 aliphatic carbocycles. The highest BCUT2D eigenvalue weighted by molar-refractivity contribution is 5.87. The summed E-state index contributed by atoms with van der Waals surface area (Å²) in [5.41, 5.74) is 0.415. The van der Waals surface area contributed by atoms with Crippen molar-refractivity contribution >= 4 is 5.78 Å². The minimum Gasteiger partial charge on any atom is -0.353 e. The van der Waals surface area contributed by atoms with Crippen molar-refractivity contribution in [3.8, 4) is 0 Å². The average molecular weight is 335 g/mol. The Morgan fingerprint density at radius 1 is 0.917 bits per heavy atom. The van der Waals surface area contributed by atoms with Gasteiger partial charge in [0.05, 0.1) is 0 Å². The second-order valence-electron chi connectivity index (χ2n) is 9.60. The van der Waals surface area contributed by atoms with Crippen molar-refractivity contribution in [1.82, 2.24) is 0 Å². The summed E-state index contributed by atoms with van der Waals surface area (Å²) in [5.74, 6) is 3.12. The average Bonchev–Trinajstić information content (AvgIpc) is 2.90. The van der Waals surface area contributed by atoms with Crippen LogP contribution in [0.25, 0.3) is 0 Å². The number of ketones is 1. The van der Waals surface area contributed by atoms with E-state index in [0.29, 0.717) is 23.0 Å². The molecule has 3 heteroatoms. The molecule has 4 fully saturated rings. The van der Waals surface area contributed by atoms with Crippen LogP contribution < -0.4 is 0 Å². The number of hydrogen-bond acceptors (Lipinski definition) is 3. The number of carbonyl (C=O) groups excluding carboxylic acids is 1. The van der Waals surface area contributed by atoms with E-state index in [1.165, 1.54) is 25.7 Å². The van der Waals surface area contributed by atoms with Crippen molar-refractivity contribution in [3.63, 3.8) is 0 Å². The second-order valence-corrected chi connectivity index (χ2v) is 9.60. The summed E-state index contributed by atoms with van der Waals surface area (Å²) in [5, 5.41) is 0. The molecule has 0 bridgehead atoms. The maximum absolute atomic E-state index is 12.5. The SMILES string of the molecule is COC1(OC)CC[C@@]2(C)[C@@H](CC[C@H]3[C@H]2CC[C@]2(C)C(=O)CC[C@H]32)C1.